The van der Waals surface area contributed by atoms with Crippen molar-refractivity contribution in [2.45, 2.75) is 33.4 Å². The summed E-state index contributed by atoms with van der Waals surface area (Å²) in [5.74, 6) is 0. The summed E-state index contributed by atoms with van der Waals surface area (Å²) in [4.78, 5) is 15.4. The van der Waals surface area contributed by atoms with Crippen LogP contribution >= 0.6 is 0 Å². The Morgan fingerprint density at radius 2 is 2.20 bits per heavy atom. The summed E-state index contributed by atoms with van der Waals surface area (Å²) in [7, 11) is 1.91. The van der Waals surface area contributed by atoms with Crippen LogP contribution in [0.2, 0.25) is 0 Å². The molecule has 1 aromatic rings. The molecule has 0 spiro atoms. The van der Waals surface area contributed by atoms with E-state index in [0.29, 0.717) is 6.54 Å². The molecule has 1 atom stereocenters. The molecule has 0 aliphatic heterocycles. The van der Waals surface area contributed by atoms with Crippen molar-refractivity contribution in [2.75, 3.05) is 7.05 Å². The summed E-state index contributed by atoms with van der Waals surface area (Å²) >= 11 is 0. The van der Waals surface area contributed by atoms with Gasteiger partial charge in [0.05, 0.1) is 6.33 Å². The second-order valence-electron chi connectivity index (χ2n) is 4.78. The van der Waals surface area contributed by atoms with Crippen LogP contribution in [-0.2, 0) is 6.54 Å². The summed E-state index contributed by atoms with van der Waals surface area (Å²) in [6, 6.07) is 1.73. The average molecular weight is 209 g/mol. The molecule has 0 aromatic carbocycles. The van der Waals surface area contributed by atoms with Crippen molar-refractivity contribution >= 4 is 0 Å². The first kappa shape index (κ1) is 11.9. The van der Waals surface area contributed by atoms with E-state index in [1.807, 2.05) is 7.05 Å². The summed E-state index contributed by atoms with van der Waals surface area (Å²) in [6.45, 7) is 7.09. The molecule has 1 N–H and O–H groups in total. The third-order valence-corrected chi connectivity index (χ3v) is 2.57. The van der Waals surface area contributed by atoms with Crippen LogP contribution in [0.25, 0.3) is 0 Å². The van der Waals surface area contributed by atoms with Gasteiger partial charge in [-0.2, -0.15) is 0 Å². The van der Waals surface area contributed by atoms with E-state index >= 15 is 0 Å². The Labute approximate surface area is 90.3 Å². The van der Waals surface area contributed by atoms with Crippen LogP contribution in [0, 0.1) is 5.41 Å². The van der Waals surface area contributed by atoms with E-state index in [0.717, 1.165) is 0 Å². The van der Waals surface area contributed by atoms with Crippen molar-refractivity contribution in [3.8, 4) is 0 Å². The monoisotopic (exact) mass is 209 g/mol. The SMILES string of the molecule is CNC(Cn1cnccc1=O)C(C)(C)C. The number of hydrogen-bond donors (Lipinski definition) is 1. The molecule has 4 nitrogen and oxygen atoms in total. The van der Waals surface area contributed by atoms with Crippen LogP contribution in [0.15, 0.2) is 23.4 Å². The first-order valence-electron chi connectivity index (χ1n) is 5.13. The first-order chi connectivity index (χ1) is 6.95. The third-order valence-electron chi connectivity index (χ3n) is 2.57. The Kier molecular flexibility index (Phi) is 3.63. The number of nitrogens with zero attached hydrogens (tertiary/aromatic N) is 2. The van der Waals surface area contributed by atoms with Gasteiger partial charge < -0.3 is 5.32 Å². The normalized spacial score (nSPS) is 13.9. The Bertz CT molecular complexity index is 365. The largest absolute Gasteiger partial charge is 0.315 e. The quantitative estimate of drug-likeness (QED) is 0.803. The lowest BCUT2D eigenvalue weighted by Crippen LogP contribution is -2.43. The van der Waals surface area contributed by atoms with Gasteiger partial charge in [0.2, 0.25) is 0 Å². The fourth-order valence-corrected chi connectivity index (χ4v) is 1.51. The summed E-state index contributed by atoms with van der Waals surface area (Å²) < 4.78 is 1.63. The highest BCUT2D eigenvalue weighted by Gasteiger charge is 2.23. The fourth-order valence-electron chi connectivity index (χ4n) is 1.51. The van der Waals surface area contributed by atoms with Gasteiger partial charge in [0.15, 0.2) is 0 Å². The third kappa shape index (κ3) is 3.16. The molecule has 1 aromatic heterocycles. The molecule has 0 saturated heterocycles. The van der Waals surface area contributed by atoms with Crippen LogP contribution in [0.3, 0.4) is 0 Å². The molecule has 0 saturated carbocycles. The molecule has 1 heterocycles. The molecule has 15 heavy (non-hydrogen) atoms. The highest BCUT2D eigenvalue weighted by atomic mass is 16.1. The highest BCUT2D eigenvalue weighted by molar-refractivity contribution is 4.86. The van der Waals surface area contributed by atoms with Crippen LogP contribution in [-0.4, -0.2) is 22.6 Å². The van der Waals surface area contributed by atoms with Gasteiger partial charge >= 0.3 is 0 Å². The second-order valence-corrected chi connectivity index (χ2v) is 4.78. The van der Waals surface area contributed by atoms with Crippen molar-refractivity contribution < 1.29 is 0 Å². The van der Waals surface area contributed by atoms with Crippen LogP contribution in [0.1, 0.15) is 20.8 Å². The van der Waals surface area contributed by atoms with E-state index in [2.05, 4.69) is 31.1 Å². The number of aromatic nitrogens is 2. The van der Waals surface area contributed by atoms with E-state index in [9.17, 15) is 4.79 Å². The van der Waals surface area contributed by atoms with Gasteiger partial charge in [-0.05, 0) is 12.5 Å². The predicted molar refractivity (Wildman–Crippen MR) is 60.8 cm³/mol. The molecule has 1 rings (SSSR count). The van der Waals surface area contributed by atoms with E-state index in [1.54, 1.807) is 10.9 Å². The Morgan fingerprint density at radius 3 is 2.67 bits per heavy atom. The van der Waals surface area contributed by atoms with Gasteiger partial charge in [-0.25, -0.2) is 4.98 Å². The van der Waals surface area contributed by atoms with Gasteiger partial charge in [-0.15, -0.1) is 0 Å². The standard InChI is InChI=1S/C11H19N3O/c1-11(2,3)9(12-4)7-14-8-13-6-5-10(14)15/h5-6,8-9,12H,7H2,1-4H3. The van der Waals surface area contributed by atoms with Gasteiger partial charge in [0.1, 0.15) is 0 Å². The van der Waals surface area contributed by atoms with Gasteiger partial charge in [0, 0.05) is 24.8 Å². The average Bonchev–Trinajstić information content (AvgIpc) is 2.14. The van der Waals surface area contributed by atoms with Crippen LogP contribution < -0.4 is 10.9 Å². The first-order valence-corrected chi connectivity index (χ1v) is 5.13. The van der Waals surface area contributed by atoms with Gasteiger partial charge in [-0.3, -0.25) is 9.36 Å². The second kappa shape index (κ2) is 4.57. The molecular formula is C11H19N3O. The zero-order valence-electron chi connectivity index (χ0n) is 9.82. The summed E-state index contributed by atoms with van der Waals surface area (Å²) in [5, 5.41) is 3.23. The molecule has 0 fully saturated rings. The van der Waals surface area contributed by atoms with Crippen molar-refractivity contribution in [2.24, 2.45) is 5.41 Å². The van der Waals surface area contributed by atoms with Crippen molar-refractivity contribution in [3.63, 3.8) is 0 Å². The molecule has 4 heteroatoms. The van der Waals surface area contributed by atoms with E-state index in [1.165, 1.54) is 12.3 Å². The van der Waals surface area contributed by atoms with E-state index < -0.39 is 0 Å². The molecule has 0 aliphatic rings. The topological polar surface area (TPSA) is 46.9 Å². The Morgan fingerprint density at radius 1 is 1.53 bits per heavy atom. The molecule has 84 valence electrons. The maximum Gasteiger partial charge on any atom is 0.253 e. The lowest BCUT2D eigenvalue weighted by atomic mass is 9.87. The zero-order chi connectivity index (χ0) is 11.5. The number of hydrogen-bond acceptors (Lipinski definition) is 3. The predicted octanol–water partition coefficient (Wildman–Crippen LogP) is 0.877. The minimum absolute atomic E-state index is 0.00509. The van der Waals surface area contributed by atoms with E-state index in [4.69, 9.17) is 0 Å². The lowest BCUT2D eigenvalue weighted by molar-refractivity contribution is 0.251. The number of nitrogens with one attached hydrogen (secondary N) is 1. The van der Waals surface area contributed by atoms with Crippen LogP contribution in [0.4, 0.5) is 0 Å². The van der Waals surface area contributed by atoms with Gasteiger partial charge in [-0.1, -0.05) is 20.8 Å². The number of rotatable bonds is 3. The maximum absolute atomic E-state index is 11.5. The fraction of sp³-hybridized carbons (Fsp3) is 0.636. The molecule has 0 amide bonds. The molecule has 1 unspecified atom stereocenters. The van der Waals surface area contributed by atoms with Crippen molar-refractivity contribution in [1.82, 2.24) is 14.9 Å². The Balaban J connectivity index is 2.85. The molecule has 0 radical (unpaired) electrons. The molecule has 0 aliphatic carbocycles. The molecular weight excluding hydrogens is 190 g/mol. The minimum Gasteiger partial charge on any atom is -0.315 e. The van der Waals surface area contributed by atoms with Crippen molar-refractivity contribution in [3.05, 3.63) is 28.9 Å². The minimum atomic E-state index is -0.00509. The summed E-state index contributed by atoms with van der Waals surface area (Å²) in [5.41, 5.74) is 0.110. The van der Waals surface area contributed by atoms with Crippen molar-refractivity contribution in [1.29, 1.82) is 0 Å². The zero-order valence-corrected chi connectivity index (χ0v) is 9.82. The maximum atomic E-state index is 11.5. The highest BCUT2D eigenvalue weighted by Crippen LogP contribution is 2.19. The van der Waals surface area contributed by atoms with Gasteiger partial charge in [0.25, 0.3) is 5.56 Å². The smallest absolute Gasteiger partial charge is 0.253 e. The summed E-state index contributed by atoms with van der Waals surface area (Å²) in [6.07, 6.45) is 3.10. The van der Waals surface area contributed by atoms with Crippen LogP contribution in [0.5, 0.6) is 0 Å². The molecule has 0 bridgehead atoms. The lowest BCUT2D eigenvalue weighted by Gasteiger charge is -2.30. The Hall–Kier alpha value is -1.16. The number of likely N-dealkylation sites (N-methyl/N-ethyl adjacent to an activating group) is 1. The van der Waals surface area contributed by atoms with E-state index in [-0.39, 0.29) is 17.0 Å².